The molecule has 0 amide bonds. The molecule has 0 nitrogen and oxygen atoms in total. The second kappa shape index (κ2) is 1.52. The molecule has 0 aromatic heterocycles. The molecule has 1 aliphatic heterocycles. The maximum absolute atomic E-state index is 2.46. The zero-order valence-electron chi connectivity index (χ0n) is 4.05. The molecule has 1 heterocycles. The van der Waals surface area contributed by atoms with E-state index in [0.29, 0.717) is 15.1 Å². The molecule has 2 heteroatoms. The van der Waals surface area contributed by atoms with E-state index in [4.69, 9.17) is 0 Å². The van der Waals surface area contributed by atoms with Gasteiger partial charge in [0.2, 0.25) is 0 Å². The maximum atomic E-state index is 2.46. The van der Waals surface area contributed by atoms with Crippen molar-refractivity contribution < 1.29 is 0 Å². The smallest absolute Gasteiger partial charge is 0.0257 e. The summed E-state index contributed by atoms with van der Waals surface area (Å²) in [4.78, 5) is 0. The molecule has 1 rings (SSSR count). The third-order valence-electron chi connectivity index (χ3n) is 0.729. The van der Waals surface area contributed by atoms with Crippen molar-refractivity contribution in [1.82, 2.24) is 0 Å². The van der Waals surface area contributed by atoms with E-state index in [2.05, 4.69) is 24.4 Å². The summed E-state index contributed by atoms with van der Waals surface area (Å²) < 4.78 is 0. The molecule has 0 bridgehead atoms. The Bertz CT molecular complexity index is 116. The second-order valence-electron chi connectivity index (χ2n) is 1.56. The SMILES string of the molecule is CP1C=P(C)=C1. The Morgan fingerprint density at radius 2 is 1.67 bits per heavy atom. The standard InChI is InChI=1S/C4H8P2/c1-5-3-6(2)4-5/h3-4H,1-2H3. The van der Waals surface area contributed by atoms with Crippen LogP contribution in [0, 0.1) is 0 Å². The predicted molar refractivity (Wildman–Crippen MR) is 37.8 cm³/mol. The average molecular weight is 118 g/mol. The van der Waals surface area contributed by atoms with Gasteiger partial charge in [0.1, 0.15) is 0 Å². The summed E-state index contributed by atoms with van der Waals surface area (Å²) in [6, 6.07) is 0. The molecule has 0 fully saturated rings. The first-order valence-corrected chi connectivity index (χ1v) is 5.78. The van der Waals surface area contributed by atoms with E-state index in [9.17, 15) is 0 Å². The fourth-order valence-electron chi connectivity index (χ4n) is 0.564. The maximum Gasteiger partial charge on any atom is -0.0257 e. The quantitative estimate of drug-likeness (QED) is 0.425. The van der Waals surface area contributed by atoms with Crippen molar-refractivity contribution in [2.75, 3.05) is 13.3 Å². The van der Waals surface area contributed by atoms with Crippen molar-refractivity contribution in [3.63, 3.8) is 0 Å². The van der Waals surface area contributed by atoms with Crippen LogP contribution in [-0.2, 0) is 0 Å². The number of rotatable bonds is 0. The molecule has 0 spiro atoms. The van der Waals surface area contributed by atoms with E-state index in [1.807, 2.05) is 0 Å². The van der Waals surface area contributed by atoms with Crippen LogP contribution in [0.2, 0.25) is 0 Å². The Morgan fingerprint density at radius 3 is 1.67 bits per heavy atom. The first kappa shape index (κ1) is 4.62. The van der Waals surface area contributed by atoms with E-state index in [1.54, 1.807) is 0 Å². The van der Waals surface area contributed by atoms with Gasteiger partial charge in [-0.3, -0.25) is 0 Å². The lowest BCUT2D eigenvalue weighted by Crippen LogP contribution is -1.78. The lowest BCUT2D eigenvalue weighted by Gasteiger charge is -2.06. The van der Waals surface area contributed by atoms with Crippen molar-refractivity contribution in [3.05, 3.63) is 0 Å². The summed E-state index contributed by atoms with van der Waals surface area (Å²) in [7, 11) is 0.644. The van der Waals surface area contributed by atoms with Crippen LogP contribution in [-0.4, -0.2) is 24.4 Å². The summed E-state index contributed by atoms with van der Waals surface area (Å²) >= 11 is 0. The first-order valence-electron chi connectivity index (χ1n) is 1.93. The fourth-order valence-corrected chi connectivity index (χ4v) is 5.08. The van der Waals surface area contributed by atoms with Gasteiger partial charge in [0, 0.05) is 0 Å². The Morgan fingerprint density at radius 1 is 1.17 bits per heavy atom. The van der Waals surface area contributed by atoms with Crippen molar-refractivity contribution >= 4 is 26.2 Å². The van der Waals surface area contributed by atoms with Gasteiger partial charge >= 0.3 is 0 Å². The minimum atomic E-state index is 0.322. The Hall–Kier alpha value is 0.470. The monoisotopic (exact) mass is 118 g/mol. The van der Waals surface area contributed by atoms with Crippen molar-refractivity contribution in [2.24, 2.45) is 0 Å². The largest absolute Gasteiger partial charge is 0.127 e. The van der Waals surface area contributed by atoms with Gasteiger partial charge in [-0.1, -0.05) is 7.92 Å². The molecular formula is C4H8P2. The number of hydrogen-bond acceptors (Lipinski definition) is 0. The van der Waals surface area contributed by atoms with E-state index in [1.165, 1.54) is 0 Å². The third-order valence-corrected chi connectivity index (χ3v) is 6.56. The van der Waals surface area contributed by atoms with Crippen LogP contribution in [0.25, 0.3) is 0 Å². The normalized spacial score (nSPS) is 36.3. The van der Waals surface area contributed by atoms with Crippen LogP contribution in [0.3, 0.4) is 0 Å². The summed E-state index contributed by atoms with van der Waals surface area (Å²) in [5.74, 6) is 0. The second-order valence-corrected chi connectivity index (χ2v) is 6.07. The van der Waals surface area contributed by atoms with Gasteiger partial charge in [0.25, 0.3) is 0 Å². The summed E-state index contributed by atoms with van der Waals surface area (Å²) in [6.07, 6.45) is 0. The highest BCUT2D eigenvalue weighted by Gasteiger charge is 1.95. The van der Waals surface area contributed by atoms with Gasteiger partial charge in [-0.25, -0.2) is 0 Å². The first-order chi connectivity index (χ1) is 2.79. The molecule has 0 N–H and O–H groups in total. The van der Waals surface area contributed by atoms with E-state index < -0.39 is 0 Å². The van der Waals surface area contributed by atoms with Crippen molar-refractivity contribution in [2.45, 2.75) is 0 Å². The van der Waals surface area contributed by atoms with E-state index in [0.717, 1.165) is 0 Å². The van der Waals surface area contributed by atoms with Crippen LogP contribution in [0.15, 0.2) is 0 Å². The Kier molecular flexibility index (Phi) is 1.17. The van der Waals surface area contributed by atoms with Gasteiger partial charge in [-0.05, 0) is 24.4 Å². The van der Waals surface area contributed by atoms with Gasteiger partial charge in [0.15, 0.2) is 0 Å². The van der Waals surface area contributed by atoms with Crippen LogP contribution >= 0.6 is 15.1 Å². The van der Waals surface area contributed by atoms with Gasteiger partial charge in [-0.15, -0.1) is 7.17 Å². The molecule has 0 aliphatic carbocycles. The fraction of sp³-hybridized carbons (Fsp3) is 0.500. The molecule has 0 atom stereocenters. The topological polar surface area (TPSA) is 0 Å². The minimum Gasteiger partial charge on any atom is -0.127 e. The molecule has 0 saturated heterocycles. The highest BCUT2D eigenvalue weighted by molar-refractivity contribution is 8.08. The van der Waals surface area contributed by atoms with Crippen LogP contribution < -0.4 is 0 Å². The predicted octanol–water partition coefficient (Wildman–Crippen LogP) is 1.74. The Balaban J connectivity index is 2.66. The van der Waals surface area contributed by atoms with Crippen LogP contribution in [0.4, 0.5) is 0 Å². The molecule has 6 heavy (non-hydrogen) atoms. The van der Waals surface area contributed by atoms with Crippen molar-refractivity contribution in [3.8, 4) is 0 Å². The lowest BCUT2D eigenvalue weighted by molar-refractivity contribution is 2.45. The van der Waals surface area contributed by atoms with Crippen molar-refractivity contribution in [1.29, 1.82) is 0 Å². The average Bonchev–Trinajstić information content (AvgIpc) is 1.33. The van der Waals surface area contributed by atoms with Gasteiger partial charge in [0.05, 0.1) is 0 Å². The zero-order valence-corrected chi connectivity index (χ0v) is 5.84. The third kappa shape index (κ3) is 0.750. The van der Waals surface area contributed by atoms with Gasteiger partial charge in [-0.2, -0.15) is 0 Å². The summed E-state index contributed by atoms with van der Waals surface area (Å²) in [5.41, 5.74) is 4.93. The summed E-state index contributed by atoms with van der Waals surface area (Å²) in [6.45, 7) is 4.58. The Labute approximate surface area is 40.3 Å². The minimum absolute atomic E-state index is 0.322. The van der Waals surface area contributed by atoms with E-state index >= 15 is 0 Å². The number of hydrogen-bond donors (Lipinski definition) is 0. The highest BCUT2D eigenvalue weighted by Crippen LogP contribution is 2.38. The molecule has 0 radical (unpaired) electrons. The van der Waals surface area contributed by atoms with E-state index in [-0.39, 0.29) is 0 Å². The molecule has 0 aromatic rings. The summed E-state index contributed by atoms with van der Waals surface area (Å²) in [5, 5.41) is 0. The lowest BCUT2D eigenvalue weighted by atomic mass is 11.8. The van der Waals surface area contributed by atoms with Crippen LogP contribution in [0.5, 0.6) is 0 Å². The molecule has 0 saturated carbocycles. The van der Waals surface area contributed by atoms with Crippen LogP contribution in [0.1, 0.15) is 0 Å². The zero-order chi connectivity index (χ0) is 4.57. The molecule has 0 aromatic carbocycles. The molecule has 1 aliphatic rings. The van der Waals surface area contributed by atoms with Gasteiger partial charge < -0.3 is 0 Å². The molecule has 34 valence electrons. The molecule has 0 unspecified atom stereocenters. The molecular weight excluding hydrogens is 110 g/mol. The highest BCUT2D eigenvalue weighted by atomic mass is 31.2.